The molecule has 0 radical (unpaired) electrons. The van der Waals surface area contributed by atoms with Gasteiger partial charge < -0.3 is 15.4 Å². The molecule has 150 valence electrons. The van der Waals surface area contributed by atoms with Gasteiger partial charge in [-0.15, -0.1) is 5.10 Å². The number of nitrogens with zero attached hydrogens (tertiary/aromatic N) is 3. The van der Waals surface area contributed by atoms with Crippen LogP contribution in [0.2, 0.25) is 5.15 Å². The molecule has 28 heavy (non-hydrogen) atoms. The van der Waals surface area contributed by atoms with Crippen molar-refractivity contribution in [1.82, 2.24) is 20.4 Å². The SMILES string of the molecule is COc1cnnc(Cl)c1NC(C)C(=O)NC1CCN(Cc2ccccc2)CC1. The molecule has 1 aliphatic rings. The maximum Gasteiger partial charge on any atom is 0.242 e. The van der Waals surface area contributed by atoms with Gasteiger partial charge in [0, 0.05) is 25.7 Å². The summed E-state index contributed by atoms with van der Waals surface area (Å²) >= 11 is 6.08. The fourth-order valence-corrected chi connectivity index (χ4v) is 3.51. The Balaban J connectivity index is 1.48. The van der Waals surface area contributed by atoms with Gasteiger partial charge in [0.2, 0.25) is 5.91 Å². The Hall–Kier alpha value is -2.38. The van der Waals surface area contributed by atoms with Gasteiger partial charge in [0.1, 0.15) is 11.7 Å². The van der Waals surface area contributed by atoms with Crippen molar-refractivity contribution in [1.29, 1.82) is 0 Å². The first kappa shape index (κ1) is 20.4. The molecule has 1 aliphatic heterocycles. The molecule has 1 atom stereocenters. The number of aromatic nitrogens is 2. The molecule has 2 N–H and O–H groups in total. The third kappa shape index (κ3) is 5.33. The van der Waals surface area contributed by atoms with Gasteiger partial charge in [-0.3, -0.25) is 9.69 Å². The minimum Gasteiger partial charge on any atom is -0.493 e. The molecule has 1 aromatic heterocycles. The van der Waals surface area contributed by atoms with E-state index < -0.39 is 6.04 Å². The molecule has 1 amide bonds. The number of amides is 1. The molecule has 1 unspecified atom stereocenters. The predicted molar refractivity (Wildman–Crippen MR) is 110 cm³/mol. The molecule has 0 spiro atoms. The molecule has 2 heterocycles. The molecule has 2 aromatic rings. The summed E-state index contributed by atoms with van der Waals surface area (Å²) in [4.78, 5) is 15.0. The van der Waals surface area contributed by atoms with Crippen LogP contribution in [0.1, 0.15) is 25.3 Å². The standard InChI is InChI=1S/C20H26ClN5O2/c1-14(23-18-17(28-2)12-22-25-19(18)21)20(27)24-16-8-10-26(11-9-16)13-15-6-4-3-5-7-15/h3-7,12,14,16H,8-11,13H2,1-2H3,(H,22,23)(H,24,27). The third-order valence-electron chi connectivity index (χ3n) is 4.93. The lowest BCUT2D eigenvalue weighted by molar-refractivity contribution is -0.122. The second-order valence-corrected chi connectivity index (χ2v) is 7.35. The minimum atomic E-state index is -0.474. The number of anilines is 1. The highest BCUT2D eigenvalue weighted by Gasteiger charge is 2.24. The molecular weight excluding hydrogens is 378 g/mol. The molecule has 1 aromatic carbocycles. The number of rotatable bonds is 7. The van der Waals surface area contributed by atoms with E-state index in [9.17, 15) is 4.79 Å². The average molecular weight is 404 g/mol. The highest BCUT2D eigenvalue weighted by atomic mass is 35.5. The number of carbonyl (C=O) groups is 1. The first-order valence-corrected chi connectivity index (χ1v) is 9.83. The summed E-state index contributed by atoms with van der Waals surface area (Å²) < 4.78 is 5.23. The van der Waals surface area contributed by atoms with Crippen LogP contribution >= 0.6 is 11.6 Å². The van der Waals surface area contributed by atoms with E-state index in [-0.39, 0.29) is 17.1 Å². The molecule has 7 nitrogen and oxygen atoms in total. The second kappa shape index (κ2) is 9.71. The van der Waals surface area contributed by atoms with E-state index >= 15 is 0 Å². The van der Waals surface area contributed by atoms with Crippen molar-refractivity contribution in [3.8, 4) is 5.75 Å². The molecular formula is C20H26ClN5O2. The number of hydrogen-bond donors (Lipinski definition) is 2. The zero-order chi connectivity index (χ0) is 19.9. The van der Waals surface area contributed by atoms with Crippen molar-refractivity contribution in [2.45, 2.75) is 38.4 Å². The number of piperidine rings is 1. The Bertz CT molecular complexity index is 781. The van der Waals surface area contributed by atoms with Gasteiger partial charge >= 0.3 is 0 Å². The number of hydrogen-bond acceptors (Lipinski definition) is 6. The zero-order valence-electron chi connectivity index (χ0n) is 16.2. The number of ether oxygens (including phenoxy) is 1. The molecule has 0 saturated carbocycles. The maximum absolute atomic E-state index is 12.6. The van der Waals surface area contributed by atoms with Crippen molar-refractivity contribution < 1.29 is 9.53 Å². The first-order valence-electron chi connectivity index (χ1n) is 9.45. The van der Waals surface area contributed by atoms with E-state index in [0.29, 0.717) is 11.4 Å². The van der Waals surface area contributed by atoms with Crippen molar-refractivity contribution >= 4 is 23.2 Å². The van der Waals surface area contributed by atoms with Crippen LogP contribution in [0.25, 0.3) is 0 Å². The Kier molecular flexibility index (Phi) is 7.06. The number of benzene rings is 1. The van der Waals surface area contributed by atoms with Gasteiger partial charge in [0.15, 0.2) is 10.9 Å². The molecule has 0 aliphatic carbocycles. The molecule has 0 bridgehead atoms. The molecule has 8 heteroatoms. The van der Waals surface area contributed by atoms with Gasteiger partial charge in [-0.1, -0.05) is 41.9 Å². The predicted octanol–water partition coefficient (Wildman–Crippen LogP) is 2.72. The Morgan fingerprint density at radius 2 is 2.04 bits per heavy atom. The van der Waals surface area contributed by atoms with Crippen LogP contribution < -0.4 is 15.4 Å². The highest BCUT2D eigenvalue weighted by Crippen LogP contribution is 2.29. The normalized spacial score (nSPS) is 16.4. The lowest BCUT2D eigenvalue weighted by Crippen LogP contribution is -2.48. The van der Waals surface area contributed by atoms with Gasteiger partial charge in [-0.05, 0) is 25.3 Å². The second-order valence-electron chi connectivity index (χ2n) is 6.99. The van der Waals surface area contributed by atoms with Crippen LogP contribution in [-0.4, -0.2) is 53.3 Å². The summed E-state index contributed by atoms with van der Waals surface area (Å²) in [6, 6.07) is 10.2. The smallest absolute Gasteiger partial charge is 0.242 e. The monoisotopic (exact) mass is 403 g/mol. The highest BCUT2D eigenvalue weighted by molar-refractivity contribution is 6.32. The minimum absolute atomic E-state index is 0.0727. The Labute approximate surface area is 170 Å². The summed E-state index contributed by atoms with van der Waals surface area (Å²) in [5.74, 6) is 0.380. The van der Waals surface area contributed by atoms with Crippen LogP contribution in [0.4, 0.5) is 5.69 Å². The summed E-state index contributed by atoms with van der Waals surface area (Å²) in [6.45, 7) is 4.67. The van der Waals surface area contributed by atoms with Crippen molar-refractivity contribution in [3.05, 3.63) is 47.2 Å². The van der Waals surface area contributed by atoms with Crippen LogP contribution in [0, 0.1) is 0 Å². The van der Waals surface area contributed by atoms with E-state index in [1.165, 1.54) is 18.9 Å². The van der Waals surface area contributed by atoms with Crippen molar-refractivity contribution in [2.24, 2.45) is 0 Å². The number of carbonyl (C=O) groups excluding carboxylic acids is 1. The van der Waals surface area contributed by atoms with E-state index in [1.807, 2.05) is 6.07 Å². The number of likely N-dealkylation sites (tertiary alicyclic amines) is 1. The number of nitrogens with one attached hydrogen (secondary N) is 2. The summed E-state index contributed by atoms with van der Waals surface area (Å²) in [7, 11) is 1.52. The van der Waals surface area contributed by atoms with E-state index in [2.05, 4.69) is 50.0 Å². The van der Waals surface area contributed by atoms with Crippen LogP contribution in [-0.2, 0) is 11.3 Å². The van der Waals surface area contributed by atoms with Crippen LogP contribution in [0.15, 0.2) is 36.5 Å². The van der Waals surface area contributed by atoms with Crippen molar-refractivity contribution in [2.75, 3.05) is 25.5 Å². The first-order chi connectivity index (χ1) is 13.6. The Morgan fingerprint density at radius 1 is 1.32 bits per heavy atom. The summed E-state index contributed by atoms with van der Waals surface area (Å²) in [5.41, 5.74) is 1.79. The zero-order valence-corrected chi connectivity index (χ0v) is 16.9. The van der Waals surface area contributed by atoms with Gasteiger partial charge in [-0.2, -0.15) is 5.10 Å². The van der Waals surface area contributed by atoms with E-state index in [1.54, 1.807) is 6.92 Å². The lowest BCUT2D eigenvalue weighted by atomic mass is 10.0. The lowest BCUT2D eigenvalue weighted by Gasteiger charge is -2.33. The average Bonchev–Trinajstić information content (AvgIpc) is 2.71. The molecule has 1 saturated heterocycles. The molecule has 1 fully saturated rings. The van der Waals surface area contributed by atoms with Crippen LogP contribution in [0.3, 0.4) is 0 Å². The Morgan fingerprint density at radius 3 is 2.71 bits per heavy atom. The fraction of sp³-hybridized carbons (Fsp3) is 0.450. The fourth-order valence-electron chi connectivity index (χ4n) is 3.32. The number of halogens is 1. The largest absolute Gasteiger partial charge is 0.493 e. The van der Waals surface area contributed by atoms with Crippen molar-refractivity contribution in [3.63, 3.8) is 0 Å². The summed E-state index contributed by atoms with van der Waals surface area (Å²) in [6.07, 6.45) is 3.33. The summed E-state index contributed by atoms with van der Waals surface area (Å²) in [5, 5.41) is 13.9. The van der Waals surface area contributed by atoms with E-state index in [4.69, 9.17) is 16.3 Å². The topological polar surface area (TPSA) is 79.4 Å². The number of methoxy groups -OCH3 is 1. The van der Waals surface area contributed by atoms with Gasteiger partial charge in [-0.25, -0.2) is 0 Å². The van der Waals surface area contributed by atoms with Gasteiger partial charge in [0.25, 0.3) is 0 Å². The van der Waals surface area contributed by atoms with Gasteiger partial charge in [0.05, 0.1) is 13.3 Å². The molecule has 3 rings (SSSR count). The van der Waals surface area contributed by atoms with Crippen LogP contribution in [0.5, 0.6) is 5.75 Å². The third-order valence-corrected chi connectivity index (χ3v) is 5.19. The van der Waals surface area contributed by atoms with E-state index in [0.717, 1.165) is 32.5 Å². The quantitative estimate of drug-likeness (QED) is 0.740. The maximum atomic E-state index is 12.6.